The van der Waals surface area contributed by atoms with Gasteiger partial charge in [-0.25, -0.2) is 17.2 Å². The van der Waals surface area contributed by atoms with Gasteiger partial charge in [0.2, 0.25) is 15.9 Å². The van der Waals surface area contributed by atoms with E-state index in [0.29, 0.717) is 24.8 Å². The average Bonchev–Trinajstić information content (AvgIpc) is 3.44. The number of aromatic nitrogens is 1. The van der Waals surface area contributed by atoms with Crippen molar-refractivity contribution in [1.29, 1.82) is 0 Å². The first kappa shape index (κ1) is 21.8. The van der Waals surface area contributed by atoms with Gasteiger partial charge in [0.05, 0.1) is 4.90 Å². The zero-order valence-electron chi connectivity index (χ0n) is 17.1. The molecule has 1 saturated heterocycles. The second kappa shape index (κ2) is 9.00. The highest BCUT2D eigenvalue weighted by Gasteiger charge is 2.39. The Morgan fingerprint density at radius 1 is 1.06 bits per heavy atom. The molecule has 1 aromatic carbocycles. The van der Waals surface area contributed by atoms with Crippen LogP contribution in [0.5, 0.6) is 0 Å². The van der Waals surface area contributed by atoms with Crippen LogP contribution in [0.25, 0.3) is 0 Å². The zero-order valence-corrected chi connectivity index (χ0v) is 17.9. The summed E-state index contributed by atoms with van der Waals surface area (Å²) in [7, 11) is -4.20. The van der Waals surface area contributed by atoms with Crippen LogP contribution in [0.15, 0.2) is 41.4 Å². The van der Waals surface area contributed by atoms with Crippen LogP contribution in [0.1, 0.15) is 55.7 Å². The highest BCUT2D eigenvalue weighted by molar-refractivity contribution is 7.89. The molecule has 2 aliphatic rings. The molecule has 31 heavy (non-hydrogen) atoms. The van der Waals surface area contributed by atoms with Crippen molar-refractivity contribution < 1.29 is 22.0 Å². The molecule has 2 heterocycles. The second-order valence-electron chi connectivity index (χ2n) is 8.17. The molecular formula is C22H25F2N3O3S. The number of rotatable bonds is 6. The van der Waals surface area contributed by atoms with Crippen LogP contribution in [0.4, 0.5) is 8.78 Å². The minimum absolute atomic E-state index is 0.125. The molecule has 1 aliphatic heterocycles. The normalized spacial score (nSPS) is 20.3. The number of nitrogens with zero attached hydrogens (tertiary/aromatic N) is 2. The first-order valence-electron chi connectivity index (χ1n) is 10.5. The van der Waals surface area contributed by atoms with Gasteiger partial charge < -0.3 is 5.32 Å². The number of carbonyl (C=O) groups excluding carboxylic acids is 1. The quantitative estimate of drug-likeness (QED) is 0.732. The van der Waals surface area contributed by atoms with E-state index in [2.05, 4.69) is 10.3 Å². The average molecular weight is 450 g/mol. The zero-order chi connectivity index (χ0) is 22.0. The molecule has 9 heteroatoms. The molecule has 2 aromatic rings. The van der Waals surface area contributed by atoms with Crippen molar-refractivity contribution >= 4 is 15.9 Å². The van der Waals surface area contributed by atoms with Gasteiger partial charge in [-0.15, -0.1) is 0 Å². The number of nitrogens with one attached hydrogen (secondary N) is 1. The summed E-state index contributed by atoms with van der Waals surface area (Å²) in [4.78, 5) is 16.8. The predicted octanol–water partition coefficient (Wildman–Crippen LogP) is 3.49. The molecule has 0 unspecified atom stereocenters. The molecule has 1 N–H and O–H groups in total. The van der Waals surface area contributed by atoms with Crippen molar-refractivity contribution in [2.75, 3.05) is 6.54 Å². The Kier molecular flexibility index (Phi) is 6.34. The van der Waals surface area contributed by atoms with Crippen LogP contribution in [0.2, 0.25) is 0 Å². The third-order valence-electron chi connectivity index (χ3n) is 6.03. The van der Waals surface area contributed by atoms with Gasteiger partial charge in [0, 0.05) is 37.0 Å². The van der Waals surface area contributed by atoms with E-state index in [-0.39, 0.29) is 13.1 Å². The number of halogens is 2. The molecule has 1 saturated carbocycles. The maximum absolute atomic E-state index is 13.5. The minimum atomic E-state index is -4.20. The van der Waals surface area contributed by atoms with Crippen LogP contribution in [-0.4, -0.2) is 36.2 Å². The first-order valence-corrected chi connectivity index (χ1v) is 12.0. The lowest BCUT2D eigenvalue weighted by Crippen LogP contribution is -2.45. The largest absolute Gasteiger partial charge is 0.351 e. The summed E-state index contributed by atoms with van der Waals surface area (Å²) in [6.07, 6.45) is 7.24. The van der Waals surface area contributed by atoms with E-state index in [9.17, 15) is 22.0 Å². The molecule has 6 nitrogen and oxygen atoms in total. The predicted molar refractivity (Wildman–Crippen MR) is 111 cm³/mol. The number of benzene rings is 1. The van der Waals surface area contributed by atoms with Gasteiger partial charge in [0.15, 0.2) is 0 Å². The molecule has 1 atom stereocenters. The molecular weight excluding hydrogens is 424 g/mol. The fourth-order valence-corrected chi connectivity index (χ4v) is 6.16. The summed E-state index contributed by atoms with van der Waals surface area (Å²) in [6.45, 7) is 0.389. The van der Waals surface area contributed by atoms with E-state index >= 15 is 0 Å². The Bertz CT molecular complexity index is 1050. The number of amides is 1. The lowest BCUT2D eigenvalue weighted by molar-refractivity contribution is -0.124. The summed E-state index contributed by atoms with van der Waals surface area (Å²) < 4.78 is 54.0. The fraction of sp³-hybridized carbons (Fsp3) is 0.455. The van der Waals surface area contributed by atoms with Gasteiger partial charge in [0.1, 0.15) is 17.7 Å². The van der Waals surface area contributed by atoms with Crippen LogP contribution in [0.3, 0.4) is 0 Å². The maximum atomic E-state index is 13.5. The van der Waals surface area contributed by atoms with Crippen molar-refractivity contribution in [2.45, 2.75) is 61.9 Å². The number of hydrogen-bond donors (Lipinski definition) is 1. The Morgan fingerprint density at radius 2 is 1.77 bits per heavy atom. The van der Waals surface area contributed by atoms with E-state index in [1.54, 1.807) is 6.20 Å². The topological polar surface area (TPSA) is 79.4 Å². The van der Waals surface area contributed by atoms with Gasteiger partial charge in [0.25, 0.3) is 0 Å². The van der Waals surface area contributed by atoms with Gasteiger partial charge in [-0.05, 0) is 55.5 Å². The van der Waals surface area contributed by atoms with Crippen molar-refractivity contribution in [3.63, 3.8) is 0 Å². The smallest absolute Gasteiger partial charge is 0.244 e. The monoisotopic (exact) mass is 449 g/mol. The molecule has 1 aliphatic carbocycles. The van der Waals surface area contributed by atoms with E-state index in [1.165, 1.54) is 12.8 Å². The van der Waals surface area contributed by atoms with Crippen LogP contribution < -0.4 is 5.32 Å². The lowest BCUT2D eigenvalue weighted by atomic mass is 10.0. The van der Waals surface area contributed by atoms with Crippen LogP contribution in [-0.2, 0) is 21.4 Å². The van der Waals surface area contributed by atoms with Crippen LogP contribution >= 0.6 is 0 Å². The number of carbonyl (C=O) groups is 1. The summed E-state index contributed by atoms with van der Waals surface area (Å²) >= 11 is 0. The van der Waals surface area contributed by atoms with Crippen LogP contribution in [0, 0.1) is 11.6 Å². The Morgan fingerprint density at radius 3 is 2.48 bits per heavy atom. The summed E-state index contributed by atoms with van der Waals surface area (Å²) in [6, 6.07) is 5.07. The molecule has 0 spiro atoms. The van der Waals surface area contributed by atoms with Crippen molar-refractivity contribution in [3.05, 3.63) is 59.4 Å². The van der Waals surface area contributed by atoms with Gasteiger partial charge in [-0.3, -0.25) is 9.78 Å². The Balaban J connectivity index is 1.45. The Hall–Kier alpha value is -2.39. The summed E-state index contributed by atoms with van der Waals surface area (Å²) in [5.41, 5.74) is 1.94. The highest BCUT2D eigenvalue weighted by atomic mass is 32.2. The van der Waals surface area contributed by atoms with E-state index in [0.717, 1.165) is 40.5 Å². The highest BCUT2D eigenvalue weighted by Crippen LogP contribution is 2.33. The van der Waals surface area contributed by atoms with Gasteiger partial charge in [-0.2, -0.15) is 4.31 Å². The van der Waals surface area contributed by atoms with Crippen molar-refractivity contribution in [3.8, 4) is 0 Å². The molecule has 2 fully saturated rings. The first-order chi connectivity index (χ1) is 14.8. The number of sulfonamides is 1. The van der Waals surface area contributed by atoms with Crippen molar-refractivity contribution in [2.24, 2.45) is 0 Å². The van der Waals surface area contributed by atoms with Gasteiger partial charge >= 0.3 is 0 Å². The SMILES string of the molecule is O=C(NCc1ccnc(C2CCCC2)c1)[C@@H]1CCCN1S(=O)(=O)c1cc(F)cc(F)c1. The second-order valence-corrected chi connectivity index (χ2v) is 10.1. The summed E-state index contributed by atoms with van der Waals surface area (Å²) in [5, 5.41) is 2.81. The van der Waals surface area contributed by atoms with E-state index < -0.39 is 38.5 Å². The molecule has 1 amide bonds. The van der Waals surface area contributed by atoms with Crippen molar-refractivity contribution in [1.82, 2.24) is 14.6 Å². The lowest BCUT2D eigenvalue weighted by Gasteiger charge is -2.23. The Labute approximate surface area is 180 Å². The molecule has 4 rings (SSSR count). The third-order valence-corrected chi connectivity index (χ3v) is 7.92. The van der Waals surface area contributed by atoms with E-state index in [4.69, 9.17) is 0 Å². The number of hydrogen-bond acceptors (Lipinski definition) is 4. The third kappa shape index (κ3) is 4.77. The molecule has 166 valence electrons. The standard InChI is InChI=1S/C22H25F2N3O3S/c23-17-11-18(24)13-19(12-17)31(29,30)27-9-3-6-21(27)22(28)26-14-15-7-8-25-20(10-15)16-4-1-2-5-16/h7-8,10-13,16,21H,1-6,9,14H2,(H,26,28)/t21-/m0/s1. The fourth-order valence-electron chi connectivity index (χ4n) is 4.46. The summed E-state index contributed by atoms with van der Waals surface area (Å²) in [5.74, 6) is -1.92. The van der Waals surface area contributed by atoms with Gasteiger partial charge in [-0.1, -0.05) is 12.8 Å². The minimum Gasteiger partial charge on any atom is -0.351 e. The van der Waals surface area contributed by atoms with E-state index in [1.807, 2.05) is 12.1 Å². The maximum Gasteiger partial charge on any atom is 0.244 e. The molecule has 0 radical (unpaired) electrons. The molecule has 1 aromatic heterocycles. The molecule has 0 bridgehead atoms. The number of pyridine rings is 1.